The Morgan fingerprint density at radius 3 is 2.71 bits per heavy atom. The lowest BCUT2D eigenvalue weighted by Crippen LogP contribution is -2.56. The van der Waals surface area contributed by atoms with Gasteiger partial charge in [0.15, 0.2) is 5.96 Å². The summed E-state index contributed by atoms with van der Waals surface area (Å²) in [6, 6.07) is 5.30. The van der Waals surface area contributed by atoms with Gasteiger partial charge in [0.2, 0.25) is 5.79 Å². The summed E-state index contributed by atoms with van der Waals surface area (Å²) in [6.45, 7) is -2.72. The normalized spacial score (nSPS) is 23.4. The third kappa shape index (κ3) is 2.39. The molecule has 1 saturated carbocycles. The van der Waals surface area contributed by atoms with Crippen LogP contribution in [-0.2, 0) is 5.41 Å². The summed E-state index contributed by atoms with van der Waals surface area (Å²) in [6.07, 6.45) is 7.74. The fraction of sp³-hybridized carbons (Fsp3) is 0.294. The van der Waals surface area contributed by atoms with Crippen LogP contribution in [0.5, 0.6) is 0 Å². The molecular formula is C17H17F2N9. The van der Waals surface area contributed by atoms with E-state index < -0.39 is 17.8 Å². The van der Waals surface area contributed by atoms with Crippen molar-refractivity contribution in [3.63, 3.8) is 0 Å². The maximum absolute atomic E-state index is 12.9. The van der Waals surface area contributed by atoms with Crippen molar-refractivity contribution in [2.75, 3.05) is 0 Å². The third-order valence-electron chi connectivity index (χ3n) is 5.25. The average molecular weight is 385 g/mol. The van der Waals surface area contributed by atoms with E-state index >= 15 is 0 Å². The minimum atomic E-state index is -2.72. The van der Waals surface area contributed by atoms with Crippen molar-refractivity contribution < 1.29 is 8.78 Å². The molecule has 3 aromatic heterocycles. The maximum atomic E-state index is 12.9. The van der Waals surface area contributed by atoms with Gasteiger partial charge >= 0.3 is 6.55 Å². The molecule has 0 saturated heterocycles. The molecule has 3 aromatic rings. The standard InChI is InChI=1S/C17H17F2N9/c18-14(19)28-6-3-12(26-28)16(4-5-16)17(21)24-13(23-15(20)25-17)10-1-2-11-7-22-9-27(11)8-10/h1-3,6-9,14H,4-5,21H2,(H3,20,23,24,25). The van der Waals surface area contributed by atoms with Crippen LogP contribution < -0.4 is 16.8 Å². The number of nitrogens with two attached hydrogens (primary N) is 2. The molecule has 144 valence electrons. The zero-order chi connectivity index (χ0) is 19.5. The van der Waals surface area contributed by atoms with Crippen molar-refractivity contribution >= 4 is 17.3 Å². The molecule has 0 aromatic carbocycles. The number of rotatable bonds is 4. The van der Waals surface area contributed by atoms with E-state index in [0.717, 1.165) is 11.1 Å². The molecule has 5 N–H and O–H groups in total. The molecule has 9 nitrogen and oxygen atoms in total. The van der Waals surface area contributed by atoms with Crippen LogP contribution in [0.3, 0.4) is 0 Å². The van der Waals surface area contributed by atoms with Gasteiger partial charge in [-0.25, -0.2) is 19.7 Å². The Labute approximate surface area is 157 Å². The molecule has 5 rings (SSSR count). The number of guanidine groups is 1. The Kier molecular flexibility index (Phi) is 3.35. The van der Waals surface area contributed by atoms with Crippen molar-refractivity contribution in [2.45, 2.75) is 30.6 Å². The number of aromatic nitrogens is 4. The van der Waals surface area contributed by atoms with Crippen molar-refractivity contribution in [1.82, 2.24) is 24.5 Å². The summed E-state index contributed by atoms with van der Waals surface area (Å²) in [5.41, 5.74) is 13.9. The van der Waals surface area contributed by atoms with Gasteiger partial charge in [0.05, 0.1) is 29.1 Å². The molecule has 28 heavy (non-hydrogen) atoms. The topological polar surface area (TPSA) is 124 Å². The highest BCUT2D eigenvalue weighted by Gasteiger charge is 2.62. The van der Waals surface area contributed by atoms with E-state index in [4.69, 9.17) is 11.5 Å². The average Bonchev–Trinajstić information content (AvgIpc) is 3.12. The highest BCUT2D eigenvalue weighted by molar-refractivity contribution is 6.09. The van der Waals surface area contributed by atoms with Gasteiger partial charge in [0.1, 0.15) is 5.84 Å². The van der Waals surface area contributed by atoms with Gasteiger partial charge in [-0.15, -0.1) is 0 Å². The number of hydrogen-bond acceptors (Lipinski definition) is 7. The molecule has 1 aliphatic carbocycles. The summed E-state index contributed by atoms with van der Waals surface area (Å²) in [7, 11) is 0. The second kappa shape index (κ2) is 5.58. The number of alkyl halides is 2. The van der Waals surface area contributed by atoms with Gasteiger partial charge in [-0.1, -0.05) is 0 Å². The van der Waals surface area contributed by atoms with Gasteiger partial charge in [0.25, 0.3) is 0 Å². The van der Waals surface area contributed by atoms with Crippen LogP contribution >= 0.6 is 0 Å². The predicted octanol–water partition coefficient (Wildman–Crippen LogP) is 0.935. The minimum absolute atomic E-state index is 0.109. The smallest absolute Gasteiger partial charge is 0.333 e. The molecule has 1 fully saturated rings. The lowest BCUT2D eigenvalue weighted by molar-refractivity contribution is 0.0556. The Morgan fingerprint density at radius 2 is 2.00 bits per heavy atom. The number of amidine groups is 1. The second-order valence-corrected chi connectivity index (χ2v) is 6.99. The fourth-order valence-electron chi connectivity index (χ4n) is 3.61. The van der Waals surface area contributed by atoms with Crippen molar-refractivity contribution in [1.29, 1.82) is 0 Å². The van der Waals surface area contributed by atoms with Crippen LogP contribution in [0, 0.1) is 0 Å². The number of fused-ring (bicyclic) bond motifs is 1. The molecule has 0 bridgehead atoms. The summed E-state index contributed by atoms with van der Waals surface area (Å²) in [5, 5.41) is 6.93. The number of imidazole rings is 1. The minimum Gasteiger partial charge on any atom is -0.370 e. The van der Waals surface area contributed by atoms with Crippen LogP contribution in [-0.4, -0.2) is 36.7 Å². The molecule has 11 heteroatoms. The van der Waals surface area contributed by atoms with E-state index in [2.05, 4.69) is 25.4 Å². The lowest BCUT2D eigenvalue weighted by Gasteiger charge is -2.33. The number of hydrogen-bond donors (Lipinski definition) is 3. The molecule has 1 atom stereocenters. The van der Waals surface area contributed by atoms with Crippen LogP contribution in [0.1, 0.15) is 30.6 Å². The molecular weight excluding hydrogens is 368 g/mol. The molecule has 4 heterocycles. The van der Waals surface area contributed by atoms with Crippen molar-refractivity contribution in [2.24, 2.45) is 21.5 Å². The van der Waals surface area contributed by atoms with Crippen molar-refractivity contribution in [3.05, 3.63) is 54.4 Å². The SMILES string of the molecule is NC1=NC(N)(C2(c3ccn(C(F)F)n3)CC2)N=C(c2ccc3cncn3c2)N1. The Bertz CT molecular complexity index is 1120. The van der Waals surface area contributed by atoms with E-state index in [0.29, 0.717) is 29.1 Å². The number of pyridine rings is 1. The van der Waals surface area contributed by atoms with Gasteiger partial charge in [0, 0.05) is 18.0 Å². The van der Waals surface area contributed by atoms with Gasteiger partial charge in [-0.3, -0.25) is 5.73 Å². The van der Waals surface area contributed by atoms with Crippen molar-refractivity contribution in [3.8, 4) is 0 Å². The number of nitrogens with one attached hydrogen (secondary N) is 1. The number of aliphatic imine (C=N–C) groups is 2. The zero-order valence-electron chi connectivity index (χ0n) is 14.6. The van der Waals surface area contributed by atoms with Gasteiger partial charge in [-0.05, 0) is 31.0 Å². The first kappa shape index (κ1) is 16.8. The first-order chi connectivity index (χ1) is 13.4. The van der Waals surface area contributed by atoms with E-state index in [1.54, 1.807) is 12.5 Å². The first-order valence-corrected chi connectivity index (χ1v) is 8.67. The van der Waals surface area contributed by atoms with Crippen LogP contribution in [0.15, 0.2) is 53.1 Å². The molecule has 1 unspecified atom stereocenters. The summed E-state index contributed by atoms with van der Waals surface area (Å²) in [4.78, 5) is 13.1. The van der Waals surface area contributed by atoms with Crippen LogP contribution in [0.4, 0.5) is 8.78 Å². The molecule has 0 spiro atoms. The predicted molar refractivity (Wildman–Crippen MR) is 97.8 cm³/mol. The molecule has 0 amide bonds. The Morgan fingerprint density at radius 1 is 1.18 bits per heavy atom. The Hall–Kier alpha value is -3.34. The number of nitrogens with zero attached hydrogens (tertiary/aromatic N) is 6. The lowest BCUT2D eigenvalue weighted by atomic mass is 9.93. The van der Waals surface area contributed by atoms with Crippen LogP contribution in [0.2, 0.25) is 0 Å². The number of halogens is 2. The summed E-state index contributed by atoms with van der Waals surface area (Å²) >= 11 is 0. The molecule has 1 aliphatic heterocycles. The third-order valence-corrected chi connectivity index (χ3v) is 5.25. The van der Waals surface area contributed by atoms with Gasteiger partial charge in [-0.2, -0.15) is 13.9 Å². The van der Waals surface area contributed by atoms with E-state index in [9.17, 15) is 8.78 Å². The largest absolute Gasteiger partial charge is 0.370 e. The highest BCUT2D eigenvalue weighted by atomic mass is 19.3. The van der Waals surface area contributed by atoms with Crippen LogP contribution in [0.25, 0.3) is 5.52 Å². The first-order valence-electron chi connectivity index (χ1n) is 8.67. The highest BCUT2D eigenvalue weighted by Crippen LogP contribution is 2.55. The fourth-order valence-corrected chi connectivity index (χ4v) is 3.61. The van der Waals surface area contributed by atoms with E-state index in [-0.39, 0.29) is 5.96 Å². The second-order valence-electron chi connectivity index (χ2n) is 6.99. The summed E-state index contributed by atoms with van der Waals surface area (Å²) < 4.78 is 28.3. The van der Waals surface area contributed by atoms with E-state index in [1.165, 1.54) is 12.3 Å². The quantitative estimate of drug-likeness (QED) is 0.616. The Balaban J connectivity index is 1.57. The molecule has 0 radical (unpaired) electrons. The maximum Gasteiger partial charge on any atom is 0.333 e. The monoisotopic (exact) mass is 385 g/mol. The summed E-state index contributed by atoms with van der Waals surface area (Å²) in [5.74, 6) is -0.883. The van der Waals surface area contributed by atoms with E-state index in [1.807, 2.05) is 22.7 Å². The molecule has 2 aliphatic rings. The van der Waals surface area contributed by atoms with Gasteiger partial charge < -0.3 is 15.5 Å². The zero-order valence-corrected chi connectivity index (χ0v) is 14.6.